The molecule has 3 aromatic rings. The van der Waals surface area contributed by atoms with Crippen molar-refractivity contribution in [3.8, 4) is 21.8 Å². The second-order valence-electron chi connectivity index (χ2n) is 5.18. The van der Waals surface area contributed by atoms with Crippen LogP contribution in [0.1, 0.15) is 5.56 Å². The van der Waals surface area contributed by atoms with Crippen LogP contribution in [0.15, 0.2) is 58.8 Å². The number of alkyl halides is 3. The van der Waals surface area contributed by atoms with E-state index < -0.39 is 21.8 Å². The Kier molecular flexibility index (Phi) is 4.40. The van der Waals surface area contributed by atoms with Crippen molar-refractivity contribution in [3.63, 3.8) is 0 Å². The van der Waals surface area contributed by atoms with Crippen LogP contribution in [0.5, 0.6) is 0 Å². The average Bonchev–Trinajstić information content (AvgIpc) is 3.03. The number of hydrogen-bond donors (Lipinski definition) is 1. The molecule has 2 aromatic carbocycles. The molecule has 0 atom stereocenters. The molecule has 0 fully saturated rings. The number of sulfonamides is 1. The molecule has 0 saturated carbocycles. The molecule has 0 unspecified atom stereocenters. The number of rotatable bonds is 3. The van der Waals surface area contributed by atoms with Gasteiger partial charge in [0.05, 0.1) is 16.2 Å². The van der Waals surface area contributed by atoms with Crippen molar-refractivity contribution < 1.29 is 21.6 Å². The summed E-state index contributed by atoms with van der Waals surface area (Å²) in [5, 5.41) is 7.40. The number of aromatic nitrogens is 1. The normalized spacial score (nSPS) is 12.3. The van der Waals surface area contributed by atoms with Crippen LogP contribution in [0.3, 0.4) is 0 Å². The summed E-state index contributed by atoms with van der Waals surface area (Å²) >= 11 is 1.31. The molecule has 0 bridgehead atoms. The summed E-state index contributed by atoms with van der Waals surface area (Å²) in [6, 6.07) is 10.7. The van der Waals surface area contributed by atoms with Gasteiger partial charge in [0, 0.05) is 16.5 Å². The van der Waals surface area contributed by atoms with Crippen LogP contribution in [0, 0.1) is 0 Å². The Morgan fingerprint density at radius 2 is 1.48 bits per heavy atom. The number of halogens is 3. The molecule has 0 radical (unpaired) electrons. The molecule has 0 aliphatic heterocycles. The first kappa shape index (κ1) is 17.6. The summed E-state index contributed by atoms with van der Waals surface area (Å²) in [6.07, 6.45) is -4.38. The van der Waals surface area contributed by atoms with Gasteiger partial charge in [-0.15, -0.1) is 11.3 Å². The van der Waals surface area contributed by atoms with Gasteiger partial charge in [0.1, 0.15) is 5.01 Å². The number of nitrogens with zero attached hydrogens (tertiary/aromatic N) is 1. The van der Waals surface area contributed by atoms with Crippen LogP contribution in [0.4, 0.5) is 13.2 Å². The molecule has 2 N–H and O–H groups in total. The zero-order valence-electron chi connectivity index (χ0n) is 12.5. The maximum atomic E-state index is 12.6. The van der Waals surface area contributed by atoms with Crippen molar-refractivity contribution in [2.24, 2.45) is 5.14 Å². The molecular formula is C16H11F3N2O2S2. The largest absolute Gasteiger partial charge is 0.416 e. The average molecular weight is 384 g/mol. The highest BCUT2D eigenvalue weighted by Crippen LogP contribution is 2.33. The first-order valence-electron chi connectivity index (χ1n) is 6.91. The van der Waals surface area contributed by atoms with E-state index in [-0.39, 0.29) is 4.90 Å². The Morgan fingerprint density at radius 1 is 0.920 bits per heavy atom. The highest BCUT2D eigenvalue weighted by Gasteiger charge is 2.30. The van der Waals surface area contributed by atoms with Gasteiger partial charge in [0.2, 0.25) is 10.0 Å². The molecule has 0 saturated heterocycles. The summed E-state index contributed by atoms with van der Waals surface area (Å²) in [7, 11) is -3.76. The van der Waals surface area contributed by atoms with Crippen LogP contribution in [0.25, 0.3) is 21.8 Å². The quantitative estimate of drug-likeness (QED) is 0.737. The molecule has 130 valence electrons. The Hall–Kier alpha value is -2.23. The van der Waals surface area contributed by atoms with Gasteiger partial charge < -0.3 is 0 Å². The molecule has 0 spiro atoms. The van der Waals surface area contributed by atoms with E-state index in [1.54, 1.807) is 17.5 Å². The highest BCUT2D eigenvalue weighted by molar-refractivity contribution is 7.89. The Labute approximate surface area is 145 Å². The molecule has 4 nitrogen and oxygen atoms in total. The third kappa shape index (κ3) is 3.89. The highest BCUT2D eigenvalue weighted by atomic mass is 32.2. The molecule has 0 aliphatic rings. The third-order valence-corrected chi connectivity index (χ3v) is 5.26. The summed E-state index contributed by atoms with van der Waals surface area (Å²) in [5.41, 5.74) is 1.08. The molecule has 0 amide bonds. The predicted octanol–water partition coefficient (Wildman–Crippen LogP) is 4.14. The van der Waals surface area contributed by atoms with E-state index in [1.165, 1.54) is 35.6 Å². The second-order valence-corrected chi connectivity index (χ2v) is 7.60. The summed E-state index contributed by atoms with van der Waals surface area (Å²) < 4.78 is 60.3. The van der Waals surface area contributed by atoms with Crippen LogP contribution in [0.2, 0.25) is 0 Å². The van der Waals surface area contributed by atoms with E-state index in [4.69, 9.17) is 5.14 Å². The van der Waals surface area contributed by atoms with E-state index in [9.17, 15) is 21.6 Å². The topological polar surface area (TPSA) is 73.1 Å². The van der Waals surface area contributed by atoms with Gasteiger partial charge in [-0.3, -0.25) is 0 Å². The molecule has 3 rings (SSSR count). The minimum Gasteiger partial charge on any atom is -0.236 e. The molecular weight excluding hydrogens is 373 g/mol. The minimum absolute atomic E-state index is 0.00392. The lowest BCUT2D eigenvalue weighted by molar-refractivity contribution is -0.137. The van der Waals surface area contributed by atoms with Crippen molar-refractivity contribution >= 4 is 21.4 Å². The van der Waals surface area contributed by atoms with Gasteiger partial charge in [-0.25, -0.2) is 18.5 Å². The van der Waals surface area contributed by atoms with E-state index in [0.717, 1.165) is 12.1 Å². The maximum Gasteiger partial charge on any atom is 0.416 e. The van der Waals surface area contributed by atoms with Gasteiger partial charge >= 0.3 is 6.18 Å². The molecule has 1 heterocycles. The molecule has 0 aliphatic carbocycles. The molecule has 1 aromatic heterocycles. The lowest BCUT2D eigenvalue weighted by Crippen LogP contribution is -2.11. The van der Waals surface area contributed by atoms with Gasteiger partial charge in [0.15, 0.2) is 0 Å². The fourth-order valence-corrected chi connectivity index (χ4v) is 3.51. The van der Waals surface area contributed by atoms with Crippen molar-refractivity contribution in [2.75, 3.05) is 0 Å². The SMILES string of the molecule is NS(=O)(=O)c1ccc(-c2nc(-c3ccc(C(F)(F)F)cc3)cs2)cc1. The summed E-state index contributed by atoms with van der Waals surface area (Å²) in [4.78, 5) is 4.39. The lowest BCUT2D eigenvalue weighted by Gasteiger charge is -2.06. The first-order valence-corrected chi connectivity index (χ1v) is 9.33. The van der Waals surface area contributed by atoms with Crippen molar-refractivity contribution in [1.29, 1.82) is 0 Å². The number of hydrogen-bond acceptors (Lipinski definition) is 4. The number of benzene rings is 2. The number of thiazole rings is 1. The van der Waals surface area contributed by atoms with Crippen LogP contribution in [-0.2, 0) is 16.2 Å². The first-order chi connectivity index (χ1) is 11.6. The van der Waals surface area contributed by atoms with E-state index in [2.05, 4.69) is 4.98 Å². The van der Waals surface area contributed by atoms with E-state index in [1.807, 2.05) is 0 Å². The van der Waals surface area contributed by atoms with E-state index in [0.29, 0.717) is 21.8 Å². The zero-order chi connectivity index (χ0) is 18.2. The van der Waals surface area contributed by atoms with Gasteiger partial charge in [0.25, 0.3) is 0 Å². The Morgan fingerprint density at radius 3 is 2.00 bits per heavy atom. The predicted molar refractivity (Wildman–Crippen MR) is 89.4 cm³/mol. The smallest absolute Gasteiger partial charge is 0.236 e. The summed E-state index contributed by atoms with van der Waals surface area (Å²) in [5.74, 6) is 0. The van der Waals surface area contributed by atoms with Crippen molar-refractivity contribution in [1.82, 2.24) is 4.98 Å². The Balaban J connectivity index is 1.87. The Bertz CT molecular complexity index is 993. The monoisotopic (exact) mass is 384 g/mol. The van der Waals surface area contributed by atoms with E-state index >= 15 is 0 Å². The molecule has 9 heteroatoms. The third-order valence-electron chi connectivity index (χ3n) is 3.44. The second kappa shape index (κ2) is 6.25. The van der Waals surface area contributed by atoms with Gasteiger partial charge in [-0.1, -0.05) is 24.3 Å². The fourth-order valence-electron chi connectivity index (χ4n) is 2.16. The maximum absolute atomic E-state index is 12.6. The fraction of sp³-hybridized carbons (Fsp3) is 0.0625. The standard InChI is InChI=1S/C16H11F3N2O2S2/c17-16(18,19)12-5-1-10(2-6-12)14-9-24-15(21-14)11-3-7-13(8-4-11)25(20,22)23/h1-9H,(H2,20,22,23). The van der Waals surface area contributed by atoms with Crippen molar-refractivity contribution in [2.45, 2.75) is 11.1 Å². The number of nitrogens with two attached hydrogens (primary N) is 1. The minimum atomic E-state index is -4.38. The summed E-state index contributed by atoms with van der Waals surface area (Å²) in [6.45, 7) is 0. The van der Waals surface area contributed by atoms with Gasteiger partial charge in [-0.2, -0.15) is 13.2 Å². The number of primary sulfonamides is 1. The van der Waals surface area contributed by atoms with Crippen molar-refractivity contribution in [3.05, 3.63) is 59.5 Å². The van der Waals surface area contributed by atoms with Gasteiger partial charge in [-0.05, 0) is 24.3 Å². The molecule has 25 heavy (non-hydrogen) atoms. The van der Waals surface area contributed by atoms with Crippen LogP contribution >= 0.6 is 11.3 Å². The zero-order valence-corrected chi connectivity index (χ0v) is 14.1. The van der Waals surface area contributed by atoms with Crippen LogP contribution < -0.4 is 5.14 Å². The van der Waals surface area contributed by atoms with Crippen LogP contribution in [-0.4, -0.2) is 13.4 Å². The lowest BCUT2D eigenvalue weighted by atomic mass is 10.1.